The second-order valence-corrected chi connectivity index (χ2v) is 8.48. The van der Waals surface area contributed by atoms with Gasteiger partial charge in [0.2, 0.25) is 0 Å². The summed E-state index contributed by atoms with van der Waals surface area (Å²) in [7, 11) is -6.78. The Hall–Kier alpha value is -1.39. The Morgan fingerprint density at radius 2 is 1.83 bits per heavy atom. The average Bonchev–Trinajstić information content (AvgIpc) is 2.25. The first-order chi connectivity index (χ1) is 8.22. The largest absolute Gasteiger partial charge is 0.229 e. The molecule has 7 heteroatoms. The zero-order chi connectivity index (χ0) is 13.8. The molecule has 0 atom stereocenters. The highest BCUT2D eigenvalue weighted by atomic mass is 32.2. The third kappa shape index (κ3) is 5.29. The van der Waals surface area contributed by atoms with E-state index in [1.165, 1.54) is 6.07 Å². The fourth-order valence-corrected chi connectivity index (χ4v) is 4.39. The number of hydrogen-bond donors (Lipinski definition) is 0. The molecule has 0 amide bonds. The van der Waals surface area contributed by atoms with E-state index in [2.05, 4.69) is 0 Å². The van der Waals surface area contributed by atoms with Crippen LogP contribution in [-0.2, 0) is 25.4 Å². The Bertz CT molecular complexity index is 669. The summed E-state index contributed by atoms with van der Waals surface area (Å²) in [6.45, 7) is 0. The average molecular weight is 287 g/mol. The van der Waals surface area contributed by atoms with Crippen LogP contribution in [0.5, 0.6) is 0 Å². The summed E-state index contributed by atoms with van der Waals surface area (Å²) in [4.78, 5) is 0. The van der Waals surface area contributed by atoms with Crippen LogP contribution < -0.4 is 0 Å². The maximum atomic E-state index is 11.7. The van der Waals surface area contributed by atoms with Crippen LogP contribution in [-0.4, -0.2) is 34.6 Å². The minimum Gasteiger partial charge on any atom is -0.229 e. The molecule has 0 spiro atoms. The van der Waals surface area contributed by atoms with Crippen molar-refractivity contribution in [3.63, 3.8) is 0 Å². The van der Waals surface area contributed by atoms with E-state index in [0.29, 0.717) is 11.1 Å². The molecule has 0 saturated heterocycles. The van der Waals surface area contributed by atoms with Gasteiger partial charge in [-0.15, -0.1) is 0 Å². The lowest BCUT2D eigenvalue weighted by Gasteiger charge is -2.04. The fraction of sp³-hybridized carbons (Fsp3) is 0.364. The van der Waals surface area contributed by atoms with Crippen molar-refractivity contribution in [2.24, 2.45) is 0 Å². The lowest BCUT2D eigenvalue weighted by atomic mass is 10.2. The molecular weight excluding hydrogens is 274 g/mol. The van der Waals surface area contributed by atoms with Crippen molar-refractivity contribution < 1.29 is 16.8 Å². The fourth-order valence-electron chi connectivity index (χ4n) is 1.34. The minimum absolute atomic E-state index is 0.252. The van der Waals surface area contributed by atoms with Crippen molar-refractivity contribution in [3.05, 3.63) is 35.4 Å². The van der Waals surface area contributed by atoms with Crippen LogP contribution in [0.1, 0.15) is 11.1 Å². The molecule has 1 rings (SSSR count). The molecule has 1 aromatic carbocycles. The maximum absolute atomic E-state index is 11.7. The van der Waals surface area contributed by atoms with Crippen molar-refractivity contribution in [1.82, 2.24) is 0 Å². The zero-order valence-electron chi connectivity index (χ0n) is 9.83. The van der Waals surface area contributed by atoms with Crippen molar-refractivity contribution in [1.29, 1.82) is 5.26 Å². The first-order valence-electron chi connectivity index (χ1n) is 5.09. The molecular formula is C11H13NO4S2. The molecule has 0 saturated carbocycles. The summed E-state index contributed by atoms with van der Waals surface area (Å²) >= 11 is 0. The number of nitrogens with zero attached hydrogens (tertiary/aromatic N) is 1. The van der Waals surface area contributed by atoms with Crippen LogP contribution in [0.2, 0.25) is 0 Å². The Morgan fingerprint density at radius 1 is 1.17 bits per heavy atom. The van der Waals surface area contributed by atoms with E-state index >= 15 is 0 Å². The molecule has 0 bridgehead atoms. The highest BCUT2D eigenvalue weighted by Crippen LogP contribution is 2.09. The van der Waals surface area contributed by atoms with E-state index in [1.807, 2.05) is 6.07 Å². The maximum Gasteiger partial charge on any atom is 0.155 e. The van der Waals surface area contributed by atoms with Crippen LogP contribution in [0, 0.1) is 11.3 Å². The van der Waals surface area contributed by atoms with Gasteiger partial charge in [0, 0.05) is 6.26 Å². The summed E-state index contributed by atoms with van der Waals surface area (Å²) < 4.78 is 45.2. The van der Waals surface area contributed by atoms with Crippen LogP contribution >= 0.6 is 0 Å². The summed E-state index contributed by atoms with van der Waals surface area (Å²) in [5.74, 6) is -1.03. The highest BCUT2D eigenvalue weighted by molar-refractivity contribution is 7.94. The molecule has 0 aliphatic carbocycles. The van der Waals surface area contributed by atoms with E-state index in [9.17, 15) is 16.8 Å². The van der Waals surface area contributed by atoms with Crippen molar-refractivity contribution >= 4 is 19.7 Å². The Kier molecular flexibility index (Phi) is 4.48. The van der Waals surface area contributed by atoms with Gasteiger partial charge >= 0.3 is 0 Å². The summed E-state index contributed by atoms with van der Waals surface area (Å²) in [5.41, 5.74) is 0.869. The predicted octanol–water partition coefficient (Wildman–Crippen LogP) is 0.518. The third-order valence-electron chi connectivity index (χ3n) is 2.21. The molecule has 0 radical (unpaired) electrons. The van der Waals surface area contributed by atoms with Gasteiger partial charge in [0.05, 0.1) is 28.9 Å². The highest BCUT2D eigenvalue weighted by Gasteiger charge is 2.15. The van der Waals surface area contributed by atoms with Gasteiger partial charge in [0.1, 0.15) is 9.84 Å². The zero-order valence-corrected chi connectivity index (χ0v) is 11.5. The molecule has 0 heterocycles. The first kappa shape index (κ1) is 14.7. The van der Waals surface area contributed by atoms with Gasteiger partial charge in [0.15, 0.2) is 9.84 Å². The van der Waals surface area contributed by atoms with Gasteiger partial charge in [-0.3, -0.25) is 0 Å². The van der Waals surface area contributed by atoms with Crippen LogP contribution in [0.4, 0.5) is 0 Å². The van der Waals surface area contributed by atoms with Crippen molar-refractivity contribution in [2.45, 2.75) is 5.75 Å². The second kappa shape index (κ2) is 5.50. The van der Waals surface area contributed by atoms with Gasteiger partial charge in [0.25, 0.3) is 0 Å². The third-order valence-corrected chi connectivity index (χ3v) is 5.01. The molecule has 0 aliphatic heterocycles. The van der Waals surface area contributed by atoms with Crippen molar-refractivity contribution in [2.75, 3.05) is 17.8 Å². The summed E-state index contributed by atoms with van der Waals surface area (Å²) in [6, 6.07) is 8.17. The molecule has 0 unspecified atom stereocenters. The molecule has 0 aromatic heterocycles. The van der Waals surface area contributed by atoms with Gasteiger partial charge in [-0.25, -0.2) is 16.8 Å². The standard InChI is InChI=1S/C11H13NO4S2/c1-17(13,14)5-6-18(15,16)9-11-4-2-3-10(7-11)8-12/h2-4,7H,5-6,9H2,1H3. The predicted molar refractivity (Wildman–Crippen MR) is 68.4 cm³/mol. The molecule has 0 aliphatic rings. The Labute approximate surface area is 107 Å². The van der Waals surface area contributed by atoms with Crippen molar-refractivity contribution in [3.8, 4) is 6.07 Å². The topological polar surface area (TPSA) is 92.1 Å². The summed E-state index contributed by atoms with van der Waals surface area (Å²) in [5, 5.41) is 8.69. The number of hydrogen-bond acceptors (Lipinski definition) is 5. The molecule has 0 fully saturated rings. The number of benzene rings is 1. The van der Waals surface area contributed by atoms with Crippen LogP contribution in [0.3, 0.4) is 0 Å². The van der Waals surface area contributed by atoms with Gasteiger partial charge in [-0.1, -0.05) is 12.1 Å². The second-order valence-electron chi connectivity index (χ2n) is 4.03. The Balaban J connectivity index is 2.80. The minimum atomic E-state index is -3.48. The molecule has 5 nitrogen and oxygen atoms in total. The normalized spacial score (nSPS) is 12.0. The SMILES string of the molecule is CS(=O)(=O)CCS(=O)(=O)Cc1cccc(C#N)c1. The smallest absolute Gasteiger partial charge is 0.155 e. The van der Waals surface area contributed by atoms with E-state index in [0.717, 1.165) is 6.26 Å². The van der Waals surface area contributed by atoms with Crippen LogP contribution in [0.15, 0.2) is 24.3 Å². The quantitative estimate of drug-likeness (QED) is 0.787. The Morgan fingerprint density at radius 3 is 2.39 bits per heavy atom. The molecule has 0 N–H and O–H groups in total. The lowest BCUT2D eigenvalue weighted by Crippen LogP contribution is -2.17. The molecule has 98 valence electrons. The number of rotatable bonds is 5. The molecule has 18 heavy (non-hydrogen) atoms. The number of sulfone groups is 2. The lowest BCUT2D eigenvalue weighted by molar-refractivity contribution is 0.589. The van der Waals surface area contributed by atoms with E-state index in [-0.39, 0.29) is 11.5 Å². The monoisotopic (exact) mass is 287 g/mol. The van der Waals surface area contributed by atoms with Gasteiger partial charge in [-0.2, -0.15) is 5.26 Å². The van der Waals surface area contributed by atoms with Crippen LogP contribution in [0.25, 0.3) is 0 Å². The van der Waals surface area contributed by atoms with Gasteiger partial charge < -0.3 is 0 Å². The summed E-state index contributed by atoms with van der Waals surface area (Å²) in [6.07, 6.45) is 0.999. The number of nitriles is 1. The van der Waals surface area contributed by atoms with Gasteiger partial charge in [-0.05, 0) is 17.7 Å². The van der Waals surface area contributed by atoms with E-state index in [4.69, 9.17) is 5.26 Å². The molecule has 1 aromatic rings. The first-order valence-corrected chi connectivity index (χ1v) is 8.97. The van der Waals surface area contributed by atoms with E-state index < -0.39 is 25.4 Å². The van der Waals surface area contributed by atoms with E-state index in [1.54, 1.807) is 18.2 Å².